The molecule has 1 saturated carbocycles. The topological polar surface area (TPSA) is 12.0 Å². The molecule has 0 aliphatic heterocycles. The zero-order valence-corrected chi connectivity index (χ0v) is 12.2. The maximum Gasteiger partial charge on any atom is 0.0484 e. The second-order valence-corrected chi connectivity index (χ2v) is 6.00. The van der Waals surface area contributed by atoms with E-state index >= 15 is 0 Å². The third-order valence-corrected chi connectivity index (χ3v) is 4.59. The van der Waals surface area contributed by atoms with Crippen LogP contribution >= 0.6 is 11.6 Å². The molecule has 0 radical (unpaired) electrons. The molecule has 2 heteroatoms. The fraction of sp³-hybridized carbons (Fsp3) is 0.412. The predicted molar refractivity (Wildman–Crippen MR) is 82.6 cm³/mol. The predicted octanol–water partition coefficient (Wildman–Crippen LogP) is 4.80. The number of fused-ring (bicyclic) bond motifs is 1. The standard InChI is InChI=1S/C17H20ClN/c1-3-19-17(15-10-11(15)2)14-8-9-16(18)13-7-5-4-6-12(13)14/h4-9,11,15,17,19H,3,10H2,1-2H3. The summed E-state index contributed by atoms with van der Waals surface area (Å²) in [6.45, 7) is 5.52. The molecule has 1 fully saturated rings. The summed E-state index contributed by atoms with van der Waals surface area (Å²) in [7, 11) is 0. The van der Waals surface area contributed by atoms with Crippen molar-refractivity contribution in [3.63, 3.8) is 0 Å². The molecule has 0 spiro atoms. The molecule has 1 aliphatic rings. The van der Waals surface area contributed by atoms with Gasteiger partial charge in [0.2, 0.25) is 0 Å². The SMILES string of the molecule is CCNC(c1ccc(Cl)c2ccccc12)C1CC1C. The Bertz CT molecular complexity index is 593. The van der Waals surface area contributed by atoms with Gasteiger partial charge in [0.1, 0.15) is 0 Å². The minimum atomic E-state index is 0.460. The van der Waals surface area contributed by atoms with Crippen LogP contribution in [0.25, 0.3) is 10.8 Å². The van der Waals surface area contributed by atoms with E-state index in [0.717, 1.165) is 28.8 Å². The van der Waals surface area contributed by atoms with Crippen molar-refractivity contribution in [3.05, 3.63) is 47.0 Å². The summed E-state index contributed by atoms with van der Waals surface area (Å²) >= 11 is 6.31. The average Bonchev–Trinajstić information content (AvgIpc) is 3.14. The zero-order chi connectivity index (χ0) is 13.4. The van der Waals surface area contributed by atoms with Crippen molar-refractivity contribution in [1.82, 2.24) is 5.32 Å². The lowest BCUT2D eigenvalue weighted by molar-refractivity contribution is 0.478. The molecule has 0 saturated heterocycles. The highest BCUT2D eigenvalue weighted by atomic mass is 35.5. The molecule has 3 rings (SSSR count). The van der Waals surface area contributed by atoms with Gasteiger partial charge in [0.15, 0.2) is 0 Å². The van der Waals surface area contributed by atoms with Gasteiger partial charge in [-0.3, -0.25) is 0 Å². The molecule has 3 atom stereocenters. The van der Waals surface area contributed by atoms with Crippen LogP contribution in [0.1, 0.15) is 31.9 Å². The van der Waals surface area contributed by atoms with Gasteiger partial charge in [0.25, 0.3) is 0 Å². The monoisotopic (exact) mass is 273 g/mol. The van der Waals surface area contributed by atoms with Crippen molar-refractivity contribution in [2.45, 2.75) is 26.3 Å². The van der Waals surface area contributed by atoms with Crippen molar-refractivity contribution in [1.29, 1.82) is 0 Å². The molecule has 1 aliphatic carbocycles. The van der Waals surface area contributed by atoms with Gasteiger partial charge in [-0.05, 0) is 41.8 Å². The molecule has 2 aromatic rings. The van der Waals surface area contributed by atoms with E-state index in [1.807, 2.05) is 6.07 Å². The molecule has 0 bridgehead atoms. The number of halogens is 1. The largest absolute Gasteiger partial charge is 0.310 e. The van der Waals surface area contributed by atoms with Gasteiger partial charge in [-0.25, -0.2) is 0 Å². The third kappa shape index (κ3) is 2.37. The molecule has 100 valence electrons. The lowest BCUT2D eigenvalue weighted by atomic mass is 9.95. The number of rotatable bonds is 4. The van der Waals surface area contributed by atoms with Crippen LogP contribution in [0, 0.1) is 11.8 Å². The Morgan fingerprint density at radius 3 is 2.53 bits per heavy atom. The van der Waals surface area contributed by atoms with E-state index in [2.05, 4.69) is 49.5 Å². The fourth-order valence-electron chi connectivity index (χ4n) is 3.08. The number of benzene rings is 2. The molecule has 0 amide bonds. The summed E-state index contributed by atoms with van der Waals surface area (Å²) in [5, 5.41) is 6.96. The second-order valence-electron chi connectivity index (χ2n) is 5.59. The minimum Gasteiger partial charge on any atom is -0.310 e. The second kappa shape index (κ2) is 5.15. The molecule has 19 heavy (non-hydrogen) atoms. The Labute approximate surface area is 120 Å². The fourth-order valence-corrected chi connectivity index (χ4v) is 3.31. The summed E-state index contributed by atoms with van der Waals surface area (Å²) in [6.07, 6.45) is 1.33. The number of hydrogen-bond donors (Lipinski definition) is 1. The first-order valence-electron chi connectivity index (χ1n) is 7.13. The molecule has 0 aromatic heterocycles. The van der Waals surface area contributed by atoms with Gasteiger partial charge in [0, 0.05) is 16.5 Å². The lowest BCUT2D eigenvalue weighted by Gasteiger charge is -2.21. The van der Waals surface area contributed by atoms with Crippen molar-refractivity contribution in [2.75, 3.05) is 6.54 Å². The van der Waals surface area contributed by atoms with Gasteiger partial charge >= 0.3 is 0 Å². The van der Waals surface area contributed by atoms with Crippen LogP contribution in [0.3, 0.4) is 0 Å². The first kappa shape index (κ1) is 13.0. The van der Waals surface area contributed by atoms with Gasteiger partial charge in [-0.1, -0.05) is 55.8 Å². The van der Waals surface area contributed by atoms with Gasteiger partial charge in [0.05, 0.1) is 0 Å². The van der Waals surface area contributed by atoms with Gasteiger partial charge in [-0.15, -0.1) is 0 Å². The Hall–Kier alpha value is -1.05. The van der Waals surface area contributed by atoms with Gasteiger partial charge in [-0.2, -0.15) is 0 Å². The molecule has 3 unspecified atom stereocenters. The Morgan fingerprint density at radius 2 is 1.89 bits per heavy atom. The molecule has 1 nitrogen and oxygen atoms in total. The Balaban J connectivity index is 2.10. The first-order chi connectivity index (χ1) is 9.22. The van der Waals surface area contributed by atoms with Crippen molar-refractivity contribution < 1.29 is 0 Å². The van der Waals surface area contributed by atoms with E-state index < -0.39 is 0 Å². The highest BCUT2D eigenvalue weighted by molar-refractivity contribution is 6.35. The van der Waals surface area contributed by atoms with E-state index in [1.54, 1.807) is 0 Å². The zero-order valence-electron chi connectivity index (χ0n) is 11.5. The normalized spacial score (nSPS) is 23.5. The summed E-state index contributed by atoms with van der Waals surface area (Å²) in [4.78, 5) is 0. The van der Waals surface area contributed by atoms with Crippen molar-refractivity contribution in [2.24, 2.45) is 11.8 Å². The molecule has 0 heterocycles. The van der Waals surface area contributed by atoms with Gasteiger partial charge < -0.3 is 5.32 Å². The summed E-state index contributed by atoms with van der Waals surface area (Å²) < 4.78 is 0. The average molecular weight is 274 g/mol. The van der Waals surface area contributed by atoms with Crippen LogP contribution < -0.4 is 5.32 Å². The van der Waals surface area contributed by atoms with E-state index in [0.29, 0.717) is 6.04 Å². The quantitative estimate of drug-likeness (QED) is 0.844. The summed E-state index contributed by atoms with van der Waals surface area (Å²) in [5.41, 5.74) is 1.40. The molecule has 1 N–H and O–H groups in total. The maximum absolute atomic E-state index is 6.31. The van der Waals surface area contributed by atoms with E-state index in [1.165, 1.54) is 17.4 Å². The van der Waals surface area contributed by atoms with Crippen LogP contribution in [-0.4, -0.2) is 6.54 Å². The molecular formula is C17H20ClN. The van der Waals surface area contributed by atoms with Crippen LogP contribution in [0.15, 0.2) is 36.4 Å². The highest BCUT2D eigenvalue weighted by Crippen LogP contribution is 2.48. The smallest absolute Gasteiger partial charge is 0.0484 e. The van der Waals surface area contributed by atoms with E-state index in [-0.39, 0.29) is 0 Å². The van der Waals surface area contributed by atoms with E-state index in [9.17, 15) is 0 Å². The maximum atomic E-state index is 6.31. The lowest BCUT2D eigenvalue weighted by Crippen LogP contribution is -2.23. The number of nitrogens with one attached hydrogen (secondary N) is 1. The summed E-state index contributed by atoms with van der Waals surface area (Å²) in [6, 6.07) is 13.2. The van der Waals surface area contributed by atoms with Crippen molar-refractivity contribution in [3.8, 4) is 0 Å². The highest BCUT2D eigenvalue weighted by Gasteiger charge is 2.40. The van der Waals surface area contributed by atoms with Crippen molar-refractivity contribution >= 4 is 22.4 Å². The van der Waals surface area contributed by atoms with Crippen LogP contribution in [-0.2, 0) is 0 Å². The van der Waals surface area contributed by atoms with Crippen LogP contribution in [0.2, 0.25) is 5.02 Å². The summed E-state index contributed by atoms with van der Waals surface area (Å²) in [5.74, 6) is 1.60. The third-order valence-electron chi connectivity index (χ3n) is 4.26. The Kier molecular flexibility index (Phi) is 3.51. The van der Waals surface area contributed by atoms with E-state index in [4.69, 9.17) is 11.6 Å². The molecule has 2 aromatic carbocycles. The first-order valence-corrected chi connectivity index (χ1v) is 7.50. The Morgan fingerprint density at radius 1 is 1.21 bits per heavy atom. The van der Waals surface area contributed by atoms with Crippen LogP contribution in [0.4, 0.5) is 0 Å². The molecular weight excluding hydrogens is 254 g/mol. The van der Waals surface area contributed by atoms with Crippen LogP contribution in [0.5, 0.6) is 0 Å². The number of hydrogen-bond acceptors (Lipinski definition) is 1. The minimum absolute atomic E-state index is 0.460.